The topological polar surface area (TPSA) is 105 Å². The van der Waals surface area contributed by atoms with Crippen LogP contribution in [0.15, 0.2) is 24.3 Å². The van der Waals surface area contributed by atoms with E-state index in [-0.39, 0.29) is 19.1 Å². The van der Waals surface area contributed by atoms with Gasteiger partial charge in [-0.25, -0.2) is 4.57 Å². The second-order valence-electron chi connectivity index (χ2n) is 29.9. The van der Waals surface area contributed by atoms with Crippen LogP contribution >= 0.6 is 7.82 Å². The molecule has 0 saturated carbocycles. The number of nitrogens with zero attached hydrogens (tertiary/aromatic N) is 1. The molecule has 542 valence electrons. The number of likely N-dealkylation sites (N-methyl/N-ethyl adjacent to an activating group) is 1. The van der Waals surface area contributed by atoms with Gasteiger partial charge in [0.25, 0.3) is 0 Å². The maximum atomic E-state index is 13.1. The minimum absolute atomic E-state index is 0.0593. The molecule has 0 bridgehead atoms. The number of carbonyl (C=O) groups excluding carboxylic acids is 1. The highest BCUT2D eigenvalue weighted by Crippen LogP contribution is 2.43. The molecule has 1 amide bonds. The van der Waals surface area contributed by atoms with E-state index in [2.05, 4.69) is 31.3 Å². The van der Waals surface area contributed by atoms with E-state index in [9.17, 15) is 19.4 Å². The van der Waals surface area contributed by atoms with Gasteiger partial charge in [-0.2, -0.15) is 0 Å². The molecule has 0 aliphatic heterocycles. The molecule has 0 aromatic rings. The Kier molecular flexibility index (Phi) is 72.4. The fourth-order valence-corrected chi connectivity index (χ4v) is 13.8. The third-order valence-corrected chi connectivity index (χ3v) is 20.4. The van der Waals surface area contributed by atoms with Crippen LogP contribution in [-0.4, -0.2) is 73.4 Å². The monoisotopic (exact) mass is 1300 g/mol. The van der Waals surface area contributed by atoms with Gasteiger partial charge in [-0.05, 0) is 32.1 Å². The number of allylic oxidation sites excluding steroid dienone is 3. The molecule has 0 rings (SSSR count). The Morgan fingerprint density at radius 3 is 0.879 bits per heavy atom. The van der Waals surface area contributed by atoms with Crippen molar-refractivity contribution in [1.82, 2.24) is 5.32 Å². The van der Waals surface area contributed by atoms with Gasteiger partial charge in [0, 0.05) is 6.42 Å². The van der Waals surface area contributed by atoms with Crippen LogP contribution in [0.5, 0.6) is 0 Å². The lowest BCUT2D eigenvalue weighted by molar-refractivity contribution is -0.870. The molecule has 0 heterocycles. The molecular weight excluding hydrogens is 1140 g/mol. The summed E-state index contributed by atoms with van der Waals surface area (Å²) in [6.07, 6.45) is 98.3. The quantitative estimate of drug-likeness (QED) is 0.0243. The van der Waals surface area contributed by atoms with E-state index < -0.39 is 20.0 Å². The van der Waals surface area contributed by atoms with Gasteiger partial charge in [0.15, 0.2) is 0 Å². The van der Waals surface area contributed by atoms with Crippen molar-refractivity contribution in [3.63, 3.8) is 0 Å². The first-order valence-corrected chi connectivity index (χ1v) is 42.7. The van der Waals surface area contributed by atoms with Gasteiger partial charge in [-0.15, -0.1) is 0 Å². The number of aliphatic hydroxyl groups is 1. The van der Waals surface area contributed by atoms with Crippen LogP contribution in [0.3, 0.4) is 0 Å². The van der Waals surface area contributed by atoms with Crippen molar-refractivity contribution in [2.45, 2.75) is 456 Å². The first-order chi connectivity index (χ1) is 44.5. The van der Waals surface area contributed by atoms with Gasteiger partial charge in [-0.1, -0.05) is 430 Å². The maximum absolute atomic E-state index is 13.1. The number of phosphoric ester groups is 1. The second kappa shape index (κ2) is 73.2. The van der Waals surface area contributed by atoms with E-state index in [0.717, 1.165) is 38.5 Å². The van der Waals surface area contributed by atoms with Gasteiger partial charge < -0.3 is 19.8 Å². The third kappa shape index (κ3) is 76.2. The summed E-state index contributed by atoms with van der Waals surface area (Å²) in [5.41, 5.74) is 0. The number of unbranched alkanes of at least 4 members (excludes halogenated alkanes) is 63. The summed E-state index contributed by atoms with van der Waals surface area (Å²) in [6, 6.07) is -0.863. The number of hydrogen-bond donors (Lipinski definition) is 3. The van der Waals surface area contributed by atoms with Crippen molar-refractivity contribution in [2.24, 2.45) is 0 Å². The minimum atomic E-state index is -4.36. The Labute approximate surface area is 570 Å². The first-order valence-electron chi connectivity index (χ1n) is 41.2. The predicted octanol–water partition coefficient (Wildman–Crippen LogP) is 27.0. The third-order valence-electron chi connectivity index (χ3n) is 19.4. The van der Waals surface area contributed by atoms with Crippen LogP contribution < -0.4 is 5.32 Å². The molecule has 0 aliphatic carbocycles. The molecule has 0 aromatic carbocycles. The van der Waals surface area contributed by atoms with E-state index >= 15 is 0 Å². The highest BCUT2D eigenvalue weighted by molar-refractivity contribution is 7.47. The highest BCUT2D eigenvalue weighted by Gasteiger charge is 2.28. The molecule has 0 aromatic heterocycles. The number of rotatable bonds is 78. The Balaban J connectivity index is 3.91. The summed E-state index contributed by atoms with van der Waals surface area (Å²) in [6.45, 7) is 4.87. The van der Waals surface area contributed by atoms with Crippen LogP contribution in [0.1, 0.15) is 444 Å². The van der Waals surface area contributed by atoms with E-state index in [1.807, 2.05) is 27.2 Å². The van der Waals surface area contributed by atoms with E-state index in [1.165, 1.54) is 385 Å². The largest absolute Gasteiger partial charge is 0.472 e. The lowest BCUT2D eigenvalue weighted by Gasteiger charge is -2.25. The second-order valence-corrected chi connectivity index (χ2v) is 31.3. The molecule has 3 unspecified atom stereocenters. The van der Waals surface area contributed by atoms with Gasteiger partial charge in [-0.3, -0.25) is 13.8 Å². The zero-order valence-electron chi connectivity index (χ0n) is 62.4. The van der Waals surface area contributed by atoms with Gasteiger partial charge in [0.05, 0.1) is 39.9 Å². The van der Waals surface area contributed by atoms with E-state index in [1.54, 1.807) is 6.08 Å². The SMILES string of the molecule is CCCCCCCCCCCCCCCCCCCCCCCCC/C=C/CC/C=C/C(O)C(COP(=O)(O)OCC[N+](C)(C)C)NC(=O)CCCCCCCCCCCCCCCCCCCCCCCCCCCCCCCCCCCCCCCCCC. The normalized spacial score (nSPS) is 13.5. The molecule has 9 heteroatoms. The molecule has 3 atom stereocenters. The Morgan fingerprint density at radius 2 is 0.604 bits per heavy atom. The number of nitrogens with one attached hydrogen (secondary N) is 1. The lowest BCUT2D eigenvalue weighted by Crippen LogP contribution is -2.45. The van der Waals surface area contributed by atoms with Crippen molar-refractivity contribution in [1.29, 1.82) is 0 Å². The number of amides is 1. The molecule has 91 heavy (non-hydrogen) atoms. The summed E-state index contributed by atoms with van der Waals surface area (Å²) < 4.78 is 23.9. The Morgan fingerprint density at radius 1 is 0.363 bits per heavy atom. The van der Waals surface area contributed by atoms with Crippen molar-refractivity contribution in [3.8, 4) is 0 Å². The van der Waals surface area contributed by atoms with Gasteiger partial charge in [0.1, 0.15) is 13.2 Å². The van der Waals surface area contributed by atoms with Gasteiger partial charge >= 0.3 is 7.82 Å². The Hall–Kier alpha value is -1.02. The lowest BCUT2D eigenvalue weighted by atomic mass is 10.0. The number of quaternary nitrogens is 1. The molecule has 0 aliphatic rings. The summed E-state index contributed by atoms with van der Waals surface area (Å²) in [5.74, 6) is -0.176. The number of aliphatic hydroxyl groups excluding tert-OH is 1. The fraction of sp³-hybridized carbons (Fsp3) is 0.939. The molecule has 8 nitrogen and oxygen atoms in total. The average molecular weight is 1310 g/mol. The van der Waals surface area contributed by atoms with E-state index in [4.69, 9.17) is 9.05 Å². The van der Waals surface area contributed by atoms with Crippen molar-refractivity contribution in [3.05, 3.63) is 24.3 Å². The fourth-order valence-electron chi connectivity index (χ4n) is 13.1. The van der Waals surface area contributed by atoms with Crippen LogP contribution in [0, 0.1) is 0 Å². The predicted molar refractivity (Wildman–Crippen MR) is 402 cm³/mol. The molecule has 0 fully saturated rings. The van der Waals surface area contributed by atoms with Crippen molar-refractivity contribution in [2.75, 3.05) is 40.9 Å². The standard InChI is InChI=1S/C82H163N2O6P/c1-6-8-10-12-14-16-18-20-22-24-26-28-30-32-34-36-37-38-39-40-41-42-43-44-45-46-48-50-52-54-56-58-60-62-64-66-68-70-72-74-76-82(86)83-80(79-90-91(87,88)89-78-77-84(3,4)5)81(85)75-73-71-69-67-65-63-61-59-57-55-53-51-49-47-35-33-31-29-27-25-23-21-19-17-15-13-11-9-7-2/h65,67,73,75,80-81,85H,6-64,66,68-72,74,76-79H2,1-5H3,(H-,83,86,87,88)/p+1/b67-65+,75-73+. The number of hydrogen-bond acceptors (Lipinski definition) is 5. The van der Waals surface area contributed by atoms with Crippen LogP contribution in [-0.2, 0) is 18.4 Å². The zero-order valence-corrected chi connectivity index (χ0v) is 63.3. The van der Waals surface area contributed by atoms with Gasteiger partial charge in [0.2, 0.25) is 5.91 Å². The van der Waals surface area contributed by atoms with Crippen LogP contribution in [0.4, 0.5) is 0 Å². The molecule has 0 saturated heterocycles. The number of phosphoric acid groups is 1. The summed E-state index contributed by atoms with van der Waals surface area (Å²) in [5, 5.41) is 14.0. The zero-order chi connectivity index (χ0) is 66.2. The van der Waals surface area contributed by atoms with Crippen LogP contribution in [0.25, 0.3) is 0 Å². The molecule has 0 radical (unpaired) electrons. The average Bonchev–Trinajstić information content (AvgIpc) is 3.73. The minimum Gasteiger partial charge on any atom is -0.387 e. The smallest absolute Gasteiger partial charge is 0.387 e. The first kappa shape index (κ1) is 90.0. The van der Waals surface area contributed by atoms with Crippen LogP contribution in [0.2, 0.25) is 0 Å². The number of carbonyl (C=O) groups is 1. The summed E-state index contributed by atoms with van der Waals surface area (Å²) in [7, 11) is 1.58. The summed E-state index contributed by atoms with van der Waals surface area (Å²) >= 11 is 0. The van der Waals surface area contributed by atoms with E-state index in [0.29, 0.717) is 17.4 Å². The maximum Gasteiger partial charge on any atom is 0.472 e. The summed E-state index contributed by atoms with van der Waals surface area (Å²) in [4.78, 5) is 23.5. The molecule has 0 spiro atoms. The van der Waals surface area contributed by atoms with Crippen molar-refractivity contribution >= 4 is 13.7 Å². The highest BCUT2D eigenvalue weighted by atomic mass is 31.2. The Bertz CT molecular complexity index is 1530. The molecule has 3 N–H and O–H groups in total. The molecular formula is C82H164N2O6P+. The van der Waals surface area contributed by atoms with Crippen molar-refractivity contribution < 1.29 is 32.9 Å².